The molecule has 0 aliphatic rings. The third kappa shape index (κ3) is 3.72. The van der Waals surface area contributed by atoms with Crippen molar-refractivity contribution in [1.82, 2.24) is 9.78 Å². The lowest BCUT2D eigenvalue weighted by molar-refractivity contribution is -0.141. The van der Waals surface area contributed by atoms with Crippen molar-refractivity contribution in [2.75, 3.05) is 5.75 Å². The number of hydrogen-bond donors (Lipinski definition) is 0. The molecule has 0 spiro atoms. The van der Waals surface area contributed by atoms with E-state index in [0.717, 1.165) is 16.9 Å². The zero-order chi connectivity index (χ0) is 13.3. The van der Waals surface area contributed by atoms with Gasteiger partial charge in [-0.25, -0.2) is 8.42 Å². The van der Waals surface area contributed by atoms with Gasteiger partial charge in [-0.05, 0) is 19.9 Å². The second-order valence-electron chi connectivity index (χ2n) is 3.88. The van der Waals surface area contributed by atoms with Crippen LogP contribution in [0.2, 0.25) is 0 Å². The number of aromatic nitrogens is 2. The molecule has 0 saturated heterocycles. The number of alkyl halides is 3. The van der Waals surface area contributed by atoms with Crippen LogP contribution in [0, 0.1) is 0 Å². The SMILES string of the molecule is CC(C)S(=O)(=O)CCn1ccc(C(F)(F)F)n1. The van der Waals surface area contributed by atoms with Crippen LogP contribution in [0.1, 0.15) is 19.5 Å². The number of rotatable bonds is 4. The van der Waals surface area contributed by atoms with E-state index in [0.29, 0.717) is 0 Å². The highest BCUT2D eigenvalue weighted by atomic mass is 32.2. The second-order valence-corrected chi connectivity index (χ2v) is 6.55. The van der Waals surface area contributed by atoms with Crippen LogP contribution >= 0.6 is 0 Å². The van der Waals surface area contributed by atoms with Crippen LogP contribution in [0.15, 0.2) is 12.3 Å². The van der Waals surface area contributed by atoms with Gasteiger partial charge in [0.25, 0.3) is 0 Å². The fourth-order valence-corrected chi connectivity index (χ4v) is 2.01. The maximum Gasteiger partial charge on any atom is 0.435 e. The van der Waals surface area contributed by atoms with Gasteiger partial charge in [-0.2, -0.15) is 18.3 Å². The molecule has 0 unspecified atom stereocenters. The molecule has 1 rings (SSSR count). The Bertz CT molecular complexity index is 477. The van der Waals surface area contributed by atoms with Crippen LogP contribution in [-0.2, 0) is 22.6 Å². The number of aryl methyl sites for hydroxylation is 1. The average Bonchev–Trinajstić information content (AvgIpc) is 2.62. The molecule has 0 radical (unpaired) electrons. The van der Waals surface area contributed by atoms with E-state index in [2.05, 4.69) is 5.10 Å². The van der Waals surface area contributed by atoms with E-state index >= 15 is 0 Å². The molecule has 0 amide bonds. The summed E-state index contributed by atoms with van der Waals surface area (Å²) in [4.78, 5) is 0. The summed E-state index contributed by atoms with van der Waals surface area (Å²) in [6.45, 7) is 2.98. The molecule has 0 N–H and O–H groups in total. The number of sulfone groups is 1. The summed E-state index contributed by atoms with van der Waals surface area (Å²) in [5.74, 6) is -0.219. The van der Waals surface area contributed by atoms with Crippen molar-refractivity contribution in [3.8, 4) is 0 Å². The summed E-state index contributed by atoms with van der Waals surface area (Å²) in [5.41, 5.74) is -1.01. The summed E-state index contributed by atoms with van der Waals surface area (Å²) in [7, 11) is -3.26. The smallest absolute Gasteiger partial charge is 0.271 e. The summed E-state index contributed by atoms with van der Waals surface area (Å²) in [6, 6.07) is 0.821. The van der Waals surface area contributed by atoms with Crippen molar-refractivity contribution in [2.45, 2.75) is 31.8 Å². The fraction of sp³-hybridized carbons (Fsp3) is 0.667. The predicted molar refractivity (Wildman–Crippen MR) is 56.2 cm³/mol. The molecular formula is C9H13F3N2O2S. The van der Waals surface area contributed by atoms with Gasteiger partial charge >= 0.3 is 6.18 Å². The Hall–Kier alpha value is -1.05. The van der Waals surface area contributed by atoms with Gasteiger partial charge in [0.2, 0.25) is 0 Å². The topological polar surface area (TPSA) is 52.0 Å². The lowest BCUT2D eigenvalue weighted by atomic mass is 10.4. The number of hydrogen-bond acceptors (Lipinski definition) is 3. The third-order valence-electron chi connectivity index (χ3n) is 2.25. The molecule has 98 valence electrons. The van der Waals surface area contributed by atoms with Crippen molar-refractivity contribution in [2.24, 2.45) is 0 Å². The van der Waals surface area contributed by atoms with Crippen LogP contribution in [0.25, 0.3) is 0 Å². The molecule has 17 heavy (non-hydrogen) atoms. The first-order chi connectivity index (χ1) is 7.63. The maximum atomic E-state index is 12.2. The first-order valence-corrected chi connectivity index (χ1v) is 6.66. The lowest BCUT2D eigenvalue weighted by Gasteiger charge is -2.07. The lowest BCUT2D eigenvalue weighted by Crippen LogP contribution is -2.21. The van der Waals surface area contributed by atoms with E-state index in [1.54, 1.807) is 0 Å². The summed E-state index contributed by atoms with van der Waals surface area (Å²) < 4.78 is 60.5. The molecule has 4 nitrogen and oxygen atoms in total. The standard InChI is InChI=1S/C9H13F3N2O2S/c1-7(2)17(15,16)6-5-14-4-3-8(13-14)9(10,11)12/h3-4,7H,5-6H2,1-2H3. The molecule has 1 aromatic heterocycles. The highest BCUT2D eigenvalue weighted by molar-refractivity contribution is 7.91. The minimum Gasteiger partial charge on any atom is -0.271 e. The molecule has 0 bridgehead atoms. The van der Waals surface area contributed by atoms with Crippen LogP contribution in [-0.4, -0.2) is 29.2 Å². The van der Waals surface area contributed by atoms with Crippen LogP contribution < -0.4 is 0 Å². The van der Waals surface area contributed by atoms with Crippen molar-refractivity contribution < 1.29 is 21.6 Å². The van der Waals surface area contributed by atoms with E-state index in [4.69, 9.17) is 0 Å². The normalized spacial score (nSPS) is 13.3. The van der Waals surface area contributed by atoms with E-state index < -0.39 is 27.0 Å². The van der Waals surface area contributed by atoms with Crippen LogP contribution in [0.3, 0.4) is 0 Å². The molecule has 1 aromatic rings. The molecule has 0 aliphatic carbocycles. The largest absolute Gasteiger partial charge is 0.435 e. The second kappa shape index (κ2) is 4.67. The van der Waals surface area contributed by atoms with Crippen LogP contribution in [0.5, 0.6) is 0 Å². The van der Waals surface area contributed by atoms with Gasteiger partial charge in [0.1, 0.15) is 0 Å². The monoisotopic (exact) mass is 270 g/mol. The zero-order valence-electron chi connectivity index (χ0n) is 9.40. The molecule has 0 saturated carbocycles. The summed E-state index contributed by atoms with van der Waals surface area (Å²) in [5, 5.41) is 2.73. The molecule has 0 atom stereocenters. The highest BCUT2D eigenvalue weighted by Gasteiger charge is 2.33. The van der Waals surface area contributed by atoms with Gasteiger partial charge in [-0.3, -0.25) is 4.68 Å². The Morgan fingerprint density at radius 3 is 2.41 bits per heavy atom. The average molecular weight is 270 g/mol. The van der Waals surface area contributed by atoms with Gasteiger partial charge in [0.15, 0.2) is 15.5 Å². The van der Waals surface area contributed by atoms with E-state index in [9.17, 15) is 21.6 Å². The Balaban J connectivity index is 2.69. The van der Waals surface area contributed by atoms with Gasteiger partial charge in [-0.1, -0.05) is 0 Å². The van der Waals surface area contributed by atoms with Gasteiger partial charge < -0.3 is 0 Å². The third-order valence-corrected chi connectivity index (χ3v) is 4.44. The van der Waals surface area contributed by atoms with Gasteiger partial charge in [0, 0.05) is 6.20 Å². The minimum atomic E-state index is -4.50. The Kier molecular flexibility index (Phi) is 3.85. The van der Waals surface area contributed by atoms with Crippen molar-refractivity contribution in [3.63, 3.8) is 0 Å². The van der Waals surface area contributed by atoms with E-state index in [-0.39, 0.29) is 12.3 Å². The molecule has 0 aromatic carbocycles. The maximum absolute atomic E-state index is 12.2. The number of nitrogens with zero attached hydrogens (tertiary/aromatic N) is 2. The Labute approximate surface area is 97.4 Å². The molecule has 0 aliphatic heterocycles. The molecule has 1 heterocycles. The van der Waals surface area contributed by atoms with Crippen molar-refractivity contribution in [1.29, 1.82) is 0 Å². The van der Waals surface area contributed by atoms with E-state index in [1.165, 1.54) is 13.8 Å². The van der Waals surface area contributed by atoms with Gasteiger partial charge in [0.05, 0.1) is 17.5 Å². The predicted octanol–water partition coefficient (Wildman–Crippen LogP) is 1.73. The Morgan fingerprint density at radius 1 is 1.41 bits per heavy atom. The molecule has 8 heteroatoms. The minimum absolute atomic E-state index is 0.0728. The first kappa shape index (κ1) is 14.0. The zero-order valence-corrected chi connectivity index (χ0v) is 10.2. The quantitative estimate of drug-likeness (QED) is 0.837. The molecule has 0 fully saturated rings. The Morgan fingerprint density at radius 2 is 2.00 bits per heavy atom. The number of halogens is 3. The highest BCUT2D eigenvalue weighted by Crippen LogP contribution is 2.27. The van der Waals surface area contributed by atoms with Crippen molar-refractivity contribution >= 4 is 9.84 Å². The summed E-state index contributed by atoms with van der Waals surface area (Å²) in [6.07, 6.45) is -3.37. The van der Waals surface area contributed by atoms with Gasteiger partial charge in [-0.15, -0.1) is 0 Å². The summed E-state index contributed by atoms with van der Waals surface area (Å²) >= 11 is 0. The van der Waals surface area contributed by atoms with Crippen molar-refractivity contribution in [3.05, 3.63) is 18.0 Å². The van der Waals surface area contributed by atoms with E-state index in [1.807, 2.05) is 0 Å². The fourth-order valence-electron chi connectivity index (χ4n) is 1.09. The first-order valence-electron chi connectivity index (χ1n) is 4.95. The van der Waals surface area contributed by atoms with Crippen LogP contribution in [0.4, 0.5) is 13.2 Å². The molecular weight excluding hydrogens is 257 g/mol.